The molecule has 1 aromatic carbocycles. The number of aromatic nitrogens is 1. The number of carbonyl (C=O) groups is 1. The minimum atomic E-state index is 0.147. The molecule has 104 valence electrons. The summed E-state index contributed by atoms with van der Waals surface area (Å²) in [5.41, 5.74) is 8.19. The van der Waals surface area contributed by atoms with Gasteiger partial charge in [-0.05, 0) is 55.9 Å². The molecule has 20 heavy (non-hydrogen) atoms. The highest BCUT2D eigenvalue weighted by Gasteiger charge is 2.37. The quantitative estimate of drug-likeness (QED) is 0.838. The number of amides is 1. The normalized spacial score (nSPS) is 18.4. The monoisotopic (exact) mass is 269 g/mol. The first-order valence-electron chi connectivity index (χ1n) is 7.40. The summed E-state index contributed by atoms with van der Waals surface area (Å²) in [6.45, 7) is 0.932. The fourth-order valence-corrected chi connectivity index (χ4v) is 2.78. The number of hydrogen-bond donors (Lipinski definition) is 2. The molecule has 0 aliphatic heterocycles. The van der Waals surface area contributed by atoms with E-state index < -0.39 is 0 Å². The Hall–Kier alpha value is -1.97. The molecule has 2 aliphatic rings. The summed E-state index contributed by atoms with van der Waals surface area (Å²) >= 11 is 0. The molecular weight excluding hydrogens is 250 g/mol. The van der Waals surface area contributed by atoms with Crippen LogP contribution in [0.5, 0.6) is 0 Å². The van der Waals surface area contributed by atoms with E-state index in [1.54, 1.807) is 0 Å². The molecule has 4 rings (SSSR count). The predicted octanol–water partition coefficient (Wildman–Crippen LogP) is 2.76. The minimum absolute atomic E-state index is 0.147. The SMILES string of the molecule is Nc1ccc2[nH]c(C(=O)N(CC3CC3)C3CC3)cc2c1. The summed E-state index contributed by atoms with van der Waals surface area (Å²) < 4.78 is 0. The Morgan fingerprint density at radius 1 is 1.25 bits per heavy atom. The number of nitrogens with one attached hydrogen (secondary N) is 1. The van der Waals surface area contributed by atoms with Crippen molar-refractivity contribution in [2.75, 3.05) is 12.3 Å². The van der Waals surface area contributed by atoms with E-state index in [1.165, 1.54) is 12.8 Å². The fourth-order valence-electron chi connectivity index (χ4n) is 2.78. The summed E-state index contributed by atoms with van der Waals surface area (Å²) in [6.07, 6.45) is 4.87. The molecule has 2 aliphatic carbocycles. The molecule has 2 fully saturated rings. The van der Waals surface area contributed by atoms with Crippen LogP contribution in [0.1, 0.15) is 36.2 Å². The maximum Gasteiger partial charge on any atom is 0.270 e. The zero-order valence-corrected chi connectivity index (χ0v) is 11.4. The van der Waals surface area contributed by atoms with Gasteiger partial charge in [0.15, 0.2) is 0 Å². The first-order chi connectivity index (χ1) is 9.70. The van der Waals surface area contributed by atoms with Crippen LogP contribution in [0.2, 0.25) is 0 Å². The third-order valence-electron chi connectivity index (χ3n) is 4.28. The molecule has 0 atom stereocenters. The predicted molar refractivity (Wildman–Crippen MR) is 79.5 cm³/mol. The number of benzene rings is 1. The van der Waals surface area contributed by atoms with Gasteiger partial charge in [0.05, 0.1) is 0 Å². The molecule has 0 radical (unpaired) electrons. The highest BCUT2D eigenvalue weighted by molar-refractivity contribution is 5.98. The van der Waals surface area contributed by atoms with Crippen LogP contribution in [0.25, 0.3) is 10.9 Å². The van der Waals surface area contributed by atoms with Gasteiger partial charge >= 0.3 is 0 Å². The number of anilines is 1. The number of aromatic amines is 1. The van der Waals surface area contributed by atoms with E-state index in [9.17, 15) is 4.79 Å². The molecule has 0 bridgehead atoms. The summed E-state index contributed by atoms with van der Waals surface area (Å²) in [5, 5.41) is 1.01. The van der Waals surface area contributed by atoms with Crippen LogP contribution in [0.4, 0.5) is 5.69 Å². The van der Waals surface area contributed by atoms with E-state index in [4.69, 9.17) is 5.73 Å². The average molecular weight is 269 g/mol. The highest BCUT2D eigenvalue weighted by atomic mass is 16.2. The zero-order valence-electron chi connectivity index (χ0n) is 11.4. The van der Waals surface area contributed by atoms with Gasteiger partial charge in [-0.25, -0.2) is 0 Å². The van der Waals surface area contributed by atoms with Crippen LogP contribution in [-0.4, -0.2) is 28.4 Å². The number of nitrogens with zero attached hydrogens (tertiary/aromatic N) is 1. The van der Waals surface area contributed by atoms with Gasteiger partial charge in [-0.15, -0.1) is 0 Å². The smallest absolute Gasteiger partial charge is 0.270 e. The van der Waals surface area contributed by atoms with Gasteiger partial charge in [0.25, 0.3) is 5.91 Å². The van der Waals surface area contributed by atoms with Crippen molar-refractivity contribution >= 4 is 22.5 Å². The molecular formula is C16H19N3O. The van der Waals surface area contributed by atoms with Crippen LogP contribution >= 0.6 is 0 Å². The molecule has 0 saturated heterocycles. The lowest BCUT2D eigenvalue weighted by molar-refractivity contribution is 0.0730. The van der Waals surface area contributed by atoms with Crippen LogP contribution < -0.4 is 5.73 Å². The highest BCUT2D eigenvalue weighted by Crippen LogP contribution is 2.35. The van der Waals surface area contributed by atoms with Gasteiger partial charge in [-0.2, -0.15) is 0 Å². The van der Waals surface area contributed by atoms with Crippen LogP contribution in [-0.2, 0) is 0 Å². The van der Waals surface area contributed by atoms with Gasteiger partial charge in [0, 0.05) is 29.2 Å². The van der Waals surface area contributed by atoms with Crippen molar-refractivity contribution in [3.8, 4) is 0 Å². The molecule has 4 heteroatoms. The van der Waals surface area contributed by atoms with Crippen molar-refractivity contribution in [2.24, 2.45) is 5.92 Å². The van der Waals surface area contributed by atoms with E-state index >= 15 is 0 Å². The summed E-state index contributed by atoms with van der Waals surface area (Å²) in [5.74, 6) is 0.883. The summed E-state index contributed by atoms with van der Waals surface area (Å²) in [4.78, 5) is 18.0. The first kappa shape index (κ1) is 11.8. The second kappa shape index (κ2) is 4.27. The Kier molecular flexibility index (Phi) is 2.52. The van der Waals surface area contributed by atoms with Crippen LogP contribution in [0.3, 0.4) is 0 Å². The number of nitrogen functional groups attached to an aromatic ring is 1. The third-order valence-corrected chi connectivity index (χ3v) is 4.28. The Labute approximate surface area is 117 Å². The molecule has 0 spiro atoms. The van der Waals surface area contributed by atoms with Crippen molar-refractivity contribution in [3.63, 3.8) is 0 Å². The maximum absolute atomic E-state index is 12.7. The lowest BCUT2D eigenvalue weighted by Crippen LogP contribution is -2.35. The van der Waals surface area contributed by atoms with Gasteiger partial charge < -0.3 is 15.6 Å². The first-order valence-corrected chi connectivity index (χ1v) is 7.40. The number of fused-ring (bicyclic) bond motifs is 1. The van der Waals surface area contributed by atoms with Crippen molar-refractivity contribution in [3.05, 3.63) is 30.0 Å². The van der Waals surface area contributed by atoms with Crippen molar-refractivity contribution in [2.45, 2.75) is 31.7 Å². The molecule has 0 unspecified atom stereocenters. The van der Waals surface area contributed by atoms with Gasteiger partial charge in [0.2, 0.25) is 0 Å². The van der Waals surface area contributed by atoms with Gasteiger partial charge in [-0.1, -0.05) is 0 Å². The van der Waals surface area contributed by atoms with Crippen molar-refractivity contribution in [1.29, 1.82) is 0 Å². The average Bonchev–Trinajstić information content (AvgIpc) is 3.32. The molecule has 1 amide bonds. The standard InChI is InChI=1S/C16H19N3O/c17-12-3-6-14-11(7-12)8-15(18-14)16(20)19(13-4-5-13)9-10-1-2-10/h3,6-8,10,13,18H,1-2,4-5,9,17H2. The largest absolute Gasteiger partial charge is 0.399 e. The second-order valence-corrected chi connectivity index (χ2v) is 6.16. The Balaban J connectivity index is 1.63. The number of carbonyl (C=O) groups excluding carboxylic acids is 1. The Morgan fingerprint density at radius 2 is 2.05 bits per heavy atom. The molecule has 2 saturated carbocycles. The molecule has 2 aromatic rings. The van der Waals surface area contributed by atoms with E-state index in [-0.39, 0.29) is 5.91 Å². The minimum Gasteiger partial charge on any atom is -0.399 e. The second-order valence-electron chi connectivity index (χ2n) is 6.16. The van der Waals surface area contributed by atoms with E-state index in [0.717, 1.165) is 41.9 Å². The summed E-state index contributed by atoms with van der Waals surface area (Å²) in [7, 11) is 0. The van der Waals surface area contributed by atoms with E-state index in [1.807, 2.05) is 24.3 Å². The van der Waals surface area contributed by atoms with Crippen molar-refractivity contribution < 1.29 is 4.79 Å². The Bertz CT molecular complexity index is 667. The topological polar surface area (TPSA) is 62.1 Å². The number of hydrogen-bond acceptors (Lipinski definition) is 2. The molecule has 4 nitrogen and oxygen atoms in total. The maximum atomic E-state index is 12.7. The summed E-state index contributed by atoms with van der Waals surface area (Å²) in [6, 6.07) is 8.10. The number of H-pyrrole nitrogens is 1. The fraction of sp³-hybridized carbons (Fsp3) is 0.438. The van der Waals surface area contributed by atoms with E-state index in [2.05, 4.69) is 9.88 Å². The molecule has 1 aromatic heterocycles. The lowest BCUT2D eigenvalue weighted by atomic mass is 10.2. The van der Waals surface area contributed by atoms with E-state index in [0.29, 0.717) is 11.7 Å². The number of nitrogens with two attached hydrogens (primary N) is 1. The molecule has 1 heterocycles. The third kappa shape index (κ3) is 2.15. The molecule has 3 N–H and O–H groups in total. The van der Waals surface area contributed by atoms with Crippen LogP contribution in [0, 0.1) is 5.92 Å². The van der Waals surface area contributed by atoms with Crippen LogP contribution in [0.15, 0.2) is 24.3 Å². The Morgan fingerprint density at radius 3 is 2.75 bits per heavy atom. The van der Waals surface area contributed by atoms with Gasteiger partial charge in [-0.3, -0.25) is 4.79 Å². The lowest BCUT2D eigenvalue weighted by Gasteiger charge is -2.21. The van der Waals surface area contributed by atoms with Crippen molar-refractivity contribution in [1.82, 2.24) is 9.88 Å². The number of rotatable bonds is 4. The van der Waals surface area contributed by atoms with Gasteiger partial charge in [0.1, 0.15) is 5.69 Å². The zero-order chi connectivity index (χ0) is 13.7.